The van der Waals surface area contributed by atoms with Crippen LogP contribution in [0, 0.1) is 0 Å². The van der Waals surface area contributed by atoms with E-state index in [-0.39, 0.29) is 28.0 Å². The Morgan fingerprint density at radius 3 is 1.65 bits per heavy atom. The molecule has 0 fully saturated rings. The van der Waals surface area contributed by atoms with Gasteiger partial charge in [-0.25, -0.2) is 0 Å². The van der Waals surface area contributed by atoms with Gasteiger partial charge in [0.2, 0.25) is 0 Å². The summed E-state index contributed by atoms with van der Waals surface area (Å²) in [7, 11) is 0. The molecule has 0 N–H and O–H groups in total. The van der Waals surface area contributed by atoms with Crippen molar-refractivity contribution in [3.8, 4) is 0 Å². The summed E-state index contributed by atoms with van der Waals surface area (Å²) in [6, 6.07) is 12.1. The van der Waals surface area contributed by atoms with Gasteiger partial charge in [0.15, 0.2) is 5.78 Å². The molecule has 2 rings (SSSR count). The Balaban J connectivity index is 0.000000522. The summed E-state index contributed by atoms with van der Waals surface area (Å²) in [5.74, 6) is -0.375. The zero-order valence-electron chi connectivity index (χ0n) is 13.8. The summed E-state index contributed by atoms with van der Waals surface area (Å²) >= 11 is 0. The number of hydrogen-bond acceptors (Lipinski definition) is 4. The molecule has 0 spiro atoms. The first kappa shape index (κ1) is 21.1. The Kier molecular flexibility index (Phi) is 9.12. The summed E-state index contributed by atoms with van der Waals surface area (Å²) in [5.41, 5.74) is 2.22. The maximum Gasteiger partial charge on any atom is 2.00 e. The van der Waals surface area contributed by atoms with Crippen LogP contribution in [0.1, 0.15) is 13.8 Å². The Labute approximate surface area is 147 Å². The molecule has 4 nitrogen and oxygen atoms in total. The predicted octanol–water partition coefficient (Wildman–Crippen LogP) is 1.14. The fraction of sp³-hybridized carbons (Fsp3) is 0.235. The van der Waals surface area contributed by atoms with Gasteiger partial charge in [-0.15, -0.1) is 16.9 Å². The minimum Gasteiger partial charge on any atom is -0.876 e. The minimum atomic E-state index is -0.830. The Bertz CT molecular complexity index is 586. The van der Waals surface area contributed by atoms with Crippen molar-refractivity contribution in [2.24, 2.45) is 0 Å². The number of ketones is 1. The van der Waals surface area contributed by atoms with Crippen molar-refractivity contribution in [1.82, 2.24) is 9.97 Å². The Hall–Kier alpha value is -1.93. The second-order valence-electron chi connectivity index (χ2n) is 5.75. The first-order valence-corrected chi connectivity index (χ1v) is 7.26. The van der Waals surface area contributed by atoms with Gasteiger partial charge in [-0.2, -0.15) is 13.6 Å². The fourth-order valence-electron chi connectivity index (χ4n) is 2.04. The van der Waals surface area contributed by atoms with Gasteiger partial charge in [-0.1, -0.05) is 31.2 Å². The first-order valence-electron chi connectivity index (χ1n) is 7.26. The Morgan fingerprint density at radius 2 is 1.43 bits per heavy atom. The molecule has 0 aliphatic carbocycles. The molecular formula is C17H21BN2NiO2. The molecule has 0 aliphatic heterocycles. The number of carbonyl (C=O) groups excluding carboxylic acids is 1. The van der Waals surface area contributed by atoms with E-state index in [9.17, 15) is 9.90 Å². The zero-order valence-corrected chi connectivity index (χ0v) is 14.8. The zero-order chi connectivity index (χ0) is 16.6. The fourth-order valence-corrected chi connectivity index (χ4v) is 2.04. The van der Waals surface area contributed by atoms with Crippen LogP contribution in [0.25, 0.3) is 0 Å². The van der Waals surface area contributed by atoms with Crippen LogP contribution in [0.2, 0.25) is 13.6 Å². The van der Waals surface area contributed by atoms with Crippen molar-refractivity contribution >= 4 is 23.1 Å². The molecule has 0 aliphatic rings. The van der Waals surface area contributed by atoms with Gasteiger partial charge in [0.25, 0.3) is 0 Å². The summed E-state index contributed by atoms with van der Waals surface area (Å²) < 4.78 is 0. The van der Waals surface area contributed by atoms with Crippen molar-refractivity contribution in [3.05, 3.63) is 60.6 Å². The van der Waals surface area contributed by atoms with E-state index in [0.29, 0.717) is 0 Å². The second kappa shape index (κ2) is 9.96. The van der Waals surface area contributed by atoms with Crippen LogP contribution < -0.4 is 16.3 Å². The summed E-state index contributed by atoms with van der Waals surface area (Å²) in [4.78, 5) is 18.8. The smallest absolute Gasteiger partial charge is 0.876 e. The quantitative estimate of drug-likeness (QED) is 0.471. The van der Waals surface area contributed by atoms with Gasteiger partial charge < -0.3 is 15.1 Å². The molecule has 0 saturated carbocycles. The van der Waals surface area contributed by atoms with Gasteiger partial charge in [-0.05, 0) is 25.1 Å². The number of rotatable bonds is 3. The van der Waals surface area contributed by atoms with Gasteiger partial charge >= 0.3 is 16.5 Å². The van der Waals surface area contributed by atoms with Gasteiger partial charge in [0.1, 0.15) is 0 Å². The summed E-state index contributed by atoms with van der Waals surface area (Å²) in [5, 5.41) is 9.98. The number of allylic oxidation sites excluding steroid dienone is 2. The maximum atomic E-state index is 9.98. The third kappa shape index (κ3) is 7.25. The minimum absolute atomic E-state index is 0. The standard InChI is InChI=1S/C12H14BN2.C5H8O2.Ni/c1-13(2,11-7-3-5-9-14-11)12-8-4-6-10-15-12;1-4(6)3-5(2)7;/h3-10H,1-2H3;3,6H,1-2H3;/q-1;;+2/p-1/b;4-3-;. The van der Waals surface area contributed by atoms with E-state index in [2.05, 4.69) is 35.7 Å². The van der Waals surface area contributed by atoms with Gasteiger partial charge in [0, 0.05) is 12.4 Å². The van der Waals surface area contributed by atoms with Crippen LogP contribution in [0.15, 0.2) is 60.6 Å². The normalized spacial score (nSPS) is 10.9. The molecule has 0 amide bonds. The van der Waals surface area contributed by atoms with Gasteiger partial charge in [-0.3, -0.25) is 4.79 Å². The van der Waals surface area contributed by atoms with E-state index >= 15 is 0 Å². The molecular weight excluding hydrogens is 334 g/mol. The van der Waals surface area contributed by atoms with Crippen molar-refractivity contribution in [2.45, 2.75) is 27.5 Å². The Morgan fingerprint density at radius 1 is 1.00 bits per heavy atom. The molecule has 124 valence electrons. The largest absolute Gasteiger partial charge is 2.00 e. The van der Waals surface area contributed by atoms with Gasteiger partial charge in [0.05, 0.1) is 6.15 Å². The van der Waals surface area contributed by atoms with Crippen molar-refractivity contribution in [1.29, 1.82) is 0 Å². The molecule has 0 aromatic carbocycles. The van der Waals surface area contributed by atoms with E-state index < -0.39 is 6.15 Å². The van der Waals surface area contributed by atoms with E-state index in [1.165, 1.54) is 13.8 Å². The third-order valence-electron chi connectivity index (χ3n) is 3.26. The van der Waals surface area contributed by atoms with Crippen LogP contribution in [-0.2, 0) is 21.3 Å². The van der Waals surface area contributed by atoms with Crippen LogP contribution in [0.3, 0.4) is 0 Å². The summed E-state index contributed by atoms with van der Waals surface area (Å²) in [6.45, 7) is 7.10. The number of hydrogen-bond donors (Lipinski definition) is 0. The molecule has 2 aromatic heterocycles. The molecule has 2 heterocycles. The van der Waals surface area contributed by atoms with Crippen molar-refractivity contribution in [3.63, 3.8) is 0 Å². The molecule has 0 atom stereocenters. The molecule has 23 heavy (non-hydrogen) atoms. The van der Waals surface area contributed by atoms with Crippen LogP contribution in [0.4, 0.5) is 0 Å². The van der Waals surface area contributed by atoms with Crippen LogP contribution >= 0.6 is 0 Å². The topological polar surface area (TPSA) is 65.9 Å². The molecule has 0 saturated heterocycles. The summed E-state index contributed by atoms with van der Waals surface area (Å²) in [6.07, 6.45) is 3.90. The SMILES string of the molecule is CC(=O)/C=C(/C)[O-].C[B-](C)(c1ccccn1)c1ccccn1.[Ni+2]. The molecule has 0 unspecified atom stereocenters. The average molecular weight is 355 g/mol. The number of carbonyl (C=O) groups is 1. The number of pyridine rings is 2. The van der Waals surface area contributed by atoms with Crippen LogP contribution in [-0.4, -0.2) is 21.9 Å². The monoisotopic (exact) mass is 354 g/mol. The molecule has 2 aromatic rings. The number of nitrogens with zero attached hydrogens (tertiary/aromatic N) is 2. The average Bonchev–Trinajstić information content (AvgIpc) is 2.48. The van der Waals surface area contributed by atoms with E-state index in [1.54, 1.807) is 0 Å². The molecule has 0 bridgehead atoms. The third-order valence-corrected chi connectivity index (χ3v) is 3.26. The van der Waals surface area contributed by atoms with E-state index in [1.807, 2.05) is 36.7 Å². The first-order chi connectivity index (χ1) is 10.3. The number of aromatic nitrogens is 2. The van der Waals surface area contributed by atoms with Crippen molar-refractivity contribution in [2.75, 3.05) is 0 Å². The molecule has 0 radical (unpaired) electrons. The van der Waals surface area contributed by atoms with Crippen molar-refractivity contribution < 1.29 is 26.4 Å². The van der Waals surface area contributed by atoms with Crippen LogP contribution in [0.5, 0.6) is 0 Å². The van der Waals surface area contributed by atoms with E-state index in [4.69, 9.17) is 0 Å². The predicted molar refractivity (Wildman–Crippen MR) is 89.7 cm³/mol. The second-order valence-corrected chi connectivity index (χ2v) is 5.75. The molecule has 6 heteroatoms. The van der Waals surface area contributed by atoms with E-state index in [0.717, 1.165) is 17.3 Å². The maximum absolute atomic E-state index is 9.98.